The van der Waals surface area contributed by atoms with Gasteiger partial charge in [0.05, 0.1) is 0 Å². The summed E-state index contributed by atoms with van der Waals surface area (Å²) in [5.74, 6) is -1.38. The average Bonchev–Trinajstić information content (AvgIpc) is 3.22. The molecule has 3 rings (SSSR count). The zero-order valence-electron chi connectivity index (χ0n) is 16.7. The lowest BCUT2D eigenvalue weighted by atomic mass is 9.99. The van der Waals surface area contributed by atoms with Gasteiger partial charge in [-0.05, 0) is 37.0 Å². The Bertz CT molecular complexity index is 828. The van der Waals surface area contributed by atoms with Crippen LogP contribution in [-0.4, -0.2) is 46.5 Å². The minimum Gasteiger partial charge on any atom is -0.477 e. The van der Waals surface area contributed by atoms with Gasteiger partial charge in [0.1, 0.15) is 11.4 Å². The fourth-order valence-corrected chi connectivity index (χ4v) is 3.60. The molecule has 1 aliphatic heterocycles. The van der Waals surface area contributed by atoms with E-state index < -0.39 is 5.97 Å². The lowest BCUT2D eigenvalue weighted by Gasteiger charge is -2.17. The number of benzene rings is 1. The highest BCUT2D eigenvalue weighted by Crippen LogP contribution is 2.24. The predicted octanol–water partition coefficient (Wildman–Crippen LogP) is 3.02. The summed E-state index contributed by atoms with van der Waals surface area (Å²) < 4.78 is 0. The van der Waals surface area contributed by atoms with E-state index in [4.69, 9.17) is 5.11 Å². The van der Waals surface area contributed by atoms with Crippen LogP contribution in [0.5, 0.6) is 0 Å². The maximum Gasteiger partial charge on any atom is 0.354 e. The van der Waals surface area contributed by atoms with Crippen molar-refractivity contribution in [2.45, 2.75) is 44.2 Å². The quantitative estimate of drug-likeness (QED) is 0.564. The van der Waals surface area contributed by atoms with Gasteiger partial charge in [0.25, 0.3) is 5.91 Å². The van der Waals surface area contributed by atoms with Crippen molar-refractivity contribution in [2.75, 3.05) is 13.6 Å². The van der Waals surface area contributed by atoms with Crippen LogP contribution in [-0.2, 0) is 0 Å². The van der Waals surface area contributed by atoms with Crippen LogP contribution in [0.15, 0.2) is 48.5 Å². The van der Waals surface area contributed by atoms with Crippen molar-refractivity contribution in [1.29, 1.82) is 0 Å². The monoisotopic (exact) mass is 396 g/mol. The van der Waals surface area contributed by atoms with Crippen LogP contribution in [0.25, 0.3) is 0 Å². The van der Waals surface area contributed by atoms with E-state index in [9.17, 15) is 9.59 Å². The van der Waals surface area contributed by atoms with Crippen molar-refractivity contribution in [3.63, 3.8) is 0 Å². The zero-order valence-corrected chi connectivity index (χ0v) is 16.7. The topological polar surface area (TPSA) is 94.6 Å². The molecule has 0 saturated carbocycles. The summed E-state index contributed by atoms with van der Waals surface area (Å²) in [5.41, 5.74) is 8.12. The lowest BCUT2D eigenvalue weighted by molar-refractivity contribution is 0.0690. The fourth-order valence-electron chi connectivity index (χ4n) is 3.60. The van der Waals surface area contributed by atoms with Gasteiger partial charge in [-0.1, -0.05) is 49.2 Å². The van der Waals surface area contributed by atoms with Crippen molar-refractivity contribution in [3.8, 4) is 0 Å². The molecule has 1 fully saturated rings. The van der Waals surface area contributed by atoms with E-state index in [0.29, 0.717) is 18.6 Å². The number of unbranched alkanes of at least 4 members (excludes halogenated alkanes) is 2. The van der Waals surface area contributed by atoms with Crippen LogP contribution in [0, 0.1) is 0 Å². The van der Waals surface area contributed by atoms with E-state index >= 15 is 0 Å². The Labute approximate surface area is 171 Å². The van der Waals surface area contributed by atoms with Gasteiger partial charge >= 0.3 is 5.97 Å². The van der Waals surface area contributed by atoms with E-state index in [1.807, 2.05) is 6.07 Å². The number of carboxylic acid groups (broad SMARTS) is 1. The summed E-state index contributed by atoms with van der Waals surface area (Å²) in [5, 5.41) is 9.00. The maximum atomic E-state index is 12.4. The maximum absolute atomic E-state index is 12.4. The van der Waals surface area contributed by atoms with Gasteiger partial charge in [0, 0.05) is 25.7 Å². The number of carboxylic acids is 1. The third-order valence-electron chi connectivity index (χ3n) is 5.26. The number of amides is 1. The van der Waals surface area contributed by atoms with Crippen LogP contribution in [0.3, 0.4) is 0 Å². The van der Waals surface area contributed by atoms with Crippen molar-refractivity contribution in [1.82, 2.24) is 20.7 Å². The van der Waals surface area contributed by atoms with Gasteiger partial charge in [0.15, 0.2) is 0 Å². The van der Waals surface area contributed by atoms with Crippen molar-refractivity contribution in [2.24, 2.45) is 0 Å². The first kappa shape index (κ1) is 21.0. The number of carbonyl (C=O) groups is 2. The zero-order chi connectivity index (χ0) is 20.6. The molecule has 2 heterocycles. The summed E-state index contributed by atoms with van der Waals surface area (Å²) in [4.78, 5) is 28.9. The number of aromatic carboxylic acids is 1. The molecule has 7 heteroatoms. The molecule has 1 aromatic carbocycles. The largest absolute Gasteiger partial charge is 0.477 e. The third-order valence-corrected chi connectivity index (χ3v) is 5.26. The molecule has 2 atom stereocenters. The highest BCUT2D eigenvalue weighted by atomic mass is 16.4. The van der Waals surface area contributed by atoms with E-state index in [0.717, 1.165) is 32.1 Å². The molecular weight excluding hydrogens is 368 g/mol. The molecule has 1 saturated heterocycles. The summed E-state index contributed by atoms with van der Waals surface area (Å²) in [6, 6.07) is 15.8. The molecule has 0 spiro atoms. The second-order valence-electron chi connectivity index (χ2n) is 7.47. The summed E-state index contributed by atoms with van der Waals surface area (Å²) in [6.07, 6.45) is 5.21. The second kappa shape index (κ2) is 10.1. The molecule has 1 aromatic heterocycles. The van der Waals surface area contributed by atoms with Gasteiger partial charge in [-0.3, -0.25) is 15.6 Å². The average molecular weight is 396 g/mol. The molecule has 1 amide bonds. The first-order valence-electron chi connectivity index (χ1n) is 10.1. The molecule has 2 aromatic rings. The number of rotatable bonds is 9. The Morgan fingerprint density at radius 2 is 1.79 bits per heavy atom. The standard InChI is InChI=1S/C22H28N4O3/c1-26(21(27)18-12-8-13-19(23-18)22(28)29)14-7-3-6-11-17-15-20(25-24-17)16-9-4-2-5-10-16/h2,4-5,8-10,12-13,17,20,24-25H,3,6-7,11,14-15H2,1H3,(H,28,29). The number of nitrogens with zero attached hydrogens (tertiary/aromatic N) is 2. The summed E-state index contributed by atoms with van der Waals surface area (Å²) in [7, 11) is 1.73. The number of hydrogen-bond donors (Lipinski definition) is 3. The number of carbonyl (C=O) groups excluding carboxylic acids is 1. The highest BCUT2D eigenvalue weighted by Gasteiger charge is 2.24. The van der Waals surface area contributed by atoms with Crippen LogP contribution in [0.1, 0.15) is 64.7 Å². The van der Waals surface area contributed by atoms with Crippen LogP contribution < -0.4 is 10.9 Å². The number of hydrogen-bond acceptors (Lipinski definition) is 5. The molecule has 3 N–H and O–H groups in total. The number of pyridine rings is 1. The lowest BCUT2D eigenvalue weighted by Crippen LogP contribution is -2.31. The Hall–Kier alpha value is -2.77. The molecule has 0 bridgehead atoms. The third kappa shape index (κ3) is 5.85. The van der Waals surface area contributed by atoms with Crippen LogP contribution >= 0.6 is 0 Å². The smallest absolute Gasteiger partial charge is 0.354 e. The van der Waals surface area contributed by atoms with Gasteiger partial charge < -0.3 is 10.0 Å². The minimum atomic E-state index is -1.13. The number of hydrazine groups is 1. The molecule has 2 unspecified atom stereocenters. The molecule has 154 valence electrons. The van der Waals surface area contributed by atoms with Crippen molar-refractivity contribution < 1.29 is 14.7 Å². The Balaban J connectivity index is 1.35. The first-order valence-corrected chi connectivity index (χ1v) is 10.1. The van der Waals surface area contributed by atoms with Gasteiger partial charge in [-0.15, -0.1) is 0 Å². The molecule has 29 heavy (non-hydrogen) atoms. The second-order valence-corrected chi connectivity index (χ2v) is 7.47. The van der Waals surface area contributed by atoms with Crippen molar-refractivity contribution >= 4 is 11.9 Å². The molecule has 0 aliphatic carbocycles. The van der Waals surface area contributed by atoms with E-state index in [2.05, 4.69) is 40.1 Å². The Morgan fingerprint density at radius 1 is 1.03 bits per heavy atom. The Kier molecular flexibility index (Phi) is 7.32. The molecule has 0 radical (unpaired) electrons. The SMILES string of the molecule is CN(CCCCCC1CC(c2ccccc2)NN1)C(=O)c1cccc(C(=O)O)n1. The normalized spacial score (nSPS) is 18.5. The van der Waals surface area contributed by atoms with E-state index in [-0.39, 0.29) is 17.3 Å². The highest BCUT2D eigenvalue weighted by molar-refractivity contribution is 5.94. The van der Waals surface area contributed by atoms with Gasteiger partial charge in [-0.25, -0.2) is 9.78 Å². The van der Waals surface area contributed by atoms with E-state index in [1.54, 1.807) is 24.1 Å². The summed E-state index contributed by atoms with van der Waals surface area (Å²) in [6.45, 7) is 0.626. The predicted molar refractivity (Wildman–Crippen MR) is 110 cm³/mol. The van der Waals surface area contributed by atoms with Gasteiger partial charge in [-0.2, -0.15) is 0 Å². The van der Waals surface area contributed by atoms with Crippen LogP contribution in [0.4, 0.5) is 0 Å². The Morgan fingerprint density at radius 3 is 2.55 bits per heavy atom. The van der Waals surface area contributed by atoms with Crippen LogP contribution in [0.2, 0.25) is 0 Å². The first-order chi connectivity index (χ1) is 14.0. The molecule has 7 nitrogen and oxygen atoms in total. The molecular formula is C22H28N4O3. The van der Waals surface area contributed by atoms with Crippen molar-refractivity contribution in [3.05, 3.63) is 65.5 Å². The van der Waals surface area contributed by atoms with Gasteiger partial charge in [0.2, 0.25) is 0 Å². The minimum absolute atomic E-state index is 0.115. The van der Waals surface area contributed by atoms with E-state index in [1.165, 1.54) is 11.6 Å². The number of nitrogens with one attached hydrogen (secondary N) is 2. The number of aromatic nitrogens is 1. The molecule has 1 aliphatic rings. The summed E-state index contributed by atoms with van der Waals surface area (Å²) >= 11 is 0. The fraction of sp³-hybridized carbons (Fsp3) is 0.409.